The van der Waals surface area contributed by atoms with Crippen molar-refractivity contribution in [1.29, 1.82) is 0 Å². The van der Waals surface area contributed by atoms with Gasteiger partial charge in [0.2, 0.25) is 15.9 Å². The molecule has 9 nitrogen and oxygen atoms in total. The molecule has 0 bridgehead atoms. The maximum atomic E-state index is 12.3. The number of sulfonamides is 1. The number of H-pyrrole nitrogens is 1. The van der Waals surface area contributed by atoms with Crippen molar-refractivity contribution in [3.8, 4) is 5.75 Å². The first-order valence-corrected chi connectivity index (χ1v) is 9.15. The van der Waals surface area contributed by atoms with Crippen molar-refractivity contribution in [3.05, 3.63) is 24.5 Å². The summed E-state index contributed by atoms with van der Waals surface area (Å²) in [5.41, 5.74) is 0.361. The van der Waals surface area contributed by atoms with Gasteiger partial charge in [0.05, 0.1) is 12.9 Å². The SMILES string of the molecule is COc1ccc(NC(=O)CSc2ncn[nH]2)cc1S(=O)(=O)N(C)C. The fraction of sp³-hybridized carbons (Fsp3) is 0.308. The molecule has 1 aromatic heterocycles. The first-order chi connectivity index (χ1) is 11.3. The van der Waals surface area contributed by atoms with E-state index in [0.717, 1.165) is 4.31 Å². The molecule has 1 heterocycles. The largest absolute Gasteiger partial charge is 0.495 e. The molecule has 0 aliphatic heterocycles. The lowest BCUT2D eigenvalue weighted by molar-refractivity contribution is -0.113. The summed E-state index contributed by atoms with van der Waals surface area (Å²) in [6, 6.07) is 4.44. The second kappa shape index (κ2) is 7.64. The highest BCUT2D eigenvalue weighted by atomic mass is 32.2. The van der Waals surface area contributed by atoms with Crippen LogP contribution in [0.25, 0.3) is 0 Å². The van der Waals surface area contributed by atoms with E-state index >= 15 is 0 Å². The Hall–Kier alpha value is -2.11. The number of methoxy groups -OCH3 is 1. The van der Waals surface area contributed by atoms with E-state index in [1.54, 1.807) is 6.07 Å². The number of hydrogen-bond acceptors (Lipinski definition) is 7. The third-order valence-electron chi connectivity index (χ3n) is 2.94. The van der Waals surface area contributed by atoms with Gasteiger partial charge >= 0.3 is 0 Å². The Morgan fingerprint density at radius 1 is 1.42 bits per heavy atom. The number of ether oxygens (including phenoxy) is 1. The first-order valence-electron chi connectivity index (χ1n) is 6.73. The molecule has 2 N–H and O–H groups in total. The Balaban J connectivity index is 2.15. The third kappa shape index (κ3) is 4.24. The summed E-state index contributed by atoms with van der Waals surface area (Å²) in [7, 11) is 0.537. The van der Waals surface area contributed by atoms with E-state index in [9.17, 15) is 13.2 Å². The maximum absolute atomic E-state index is 12.3. The average molecular weight is 371 g/mol. The van der Waals surface area contributed by atoms with Crippen LogP contribution in [0.5, 0.6) is 5.75 Å². The fourth-order valence-electron chi connectivity index (χ4n) is 1.75. The summed E-state index contributed by atoms with van der Waals surface area (Å²) in [4.78, 5) is 15.9. The molecule has 0 atom stereocenters. The van der Waals surface area contributed by atoms with E-state index in [4.69, 9.17) is 4.74 Å². The van der Waals surface area contributed by atoms with Gasteiger partial charge in [0.1, 0.15) is 17.0 Å². The van der Waals surface area contributed by atoms with Crippen molar-refractivity contribution in [2.75, 3.05) is 32.3 Å². The first kappa shape index (κ1) is 18.2. The van der Waals surface area contributed by atoms with E-state index in [-0.39, 0.29) is 22.3 Å². The number of aromatic amines is 1. The minimum absolute atomic E-state index is 0.0179. The topological polar surface area (TPSA) is 117 Å². The number of thioether (sulfide) groups is 1. The molecule has 24 heavy (non-hydrogen) atoms. The zero-order valence-corrected chi connectivity index (χ0v) is 14.9. The summed E-state index contributed by atoms with van der Waals surface area (Å²) in [5.74, 6) is 0.0178. The van der Waals surface area contributed by atoms with Gasteiger partial charge in [0.15, 0.2) is 5.16 Å². The number of nitrogens with zero attached hydrogens (tertiary/aromatic N) is 3. The smallest absolute Gasteiger partial charge is 0.246 e. The van der Waals surface area contributed by atoms with Crippen LogP contribution in [-0.4, -0.2) is 60.8 Å². The van der Waals surface area contributed by atoms with Gasteiger partial charge in [0.25, 0.3) is 0 Å². The quantitative estimate of drug-likeness (QED) is 0.691. The molecule has 0 fully saturated rings. The molecule has 0 aliphatic rings. The molecule has 2 rings (SSSR count). The van der Waals surface area contributed by atoms with Crippen molar-refractivity contribution >= 4 is 33.4 Å². The molecule has 11 heteroatoms. The van der Waals surface area contributed by atoms with Crippen LogP contribution >= 0.6 is 11.8 Å². The van der Waals surface area contributed by atoms with Crippen molar-refractivity contribution in [1.82, 2.24) is 19.5 Å². The van der Waals surface area contributed by atoms with E-state index < -0.39 is 10.0 Å². The van der Waals surface area contributed by atoms with Gasteiger partial charge in [-0.3, -0.25) is 9.89 Å². The number of aromatic nitrogens is 3. The second-order valence-electron chi connectivity index (χ2n) is 4.78. The van der Waals surface area contributed by atoms with Gasteiger partial charge in [-0.2, -0.15) is 5.10 Å². The molecule has 2 aromatic rings. The highest BCUT2D eigenvalue weighted by Gasteiger charge is 2.23. The number of benzene rings is 1. The highest BCUT2D eigenvalue weighted by molar-refractivity contribution is 7.99. The average Bonchev–Trinajstić information content (AvgIpc) is 3.06. The van der Waals surface area contributed by atoms with E-state index in [2.05, 4.69) is 20.5 Å². The van der Waals surface area contributed by atoms with E-state index in [1.165, 1.54) is 51.4 Å². The molecule has 0 spiro atoms. The molecular formula is C13H17N5O4S2. The van der Waals surface area contributed by atoms with Crippen LogP contribution in [0.1, 0.15) is 0 Å². The van der Waals surface area contributed by atoms with Crippen LogP contribution in [-0.2, 0) is 14.8 Å². The second-order valence-corrected chi connectivity index (χ2v) is 7.86. The molecule has 1 aromatic carbocycles. The van der Waals surface area contributed by atoms with E-state index in [0.29, 0.717) is 10.8 Å². The Labute approximate surface area is 143 Å². The van der Waals surface area contributed by atoms with Crippen LogP contribution in [0.4, 0.5) is 5.69 Å². The van der Waals surface area contributed by atoms with Crippen molar-refractivity contribution in [2.24, 2.45) is 0 Å². The molecule has 0 aliphatic carbocycles. The normalized spacial score (nSPS) is 11.5. The molecule has 0 saturated heterocycles. The minimum atomic E-state index is -3.70. The molecule has 0 unspecified atom stereocenters. The summed E-state index contributed by atoms with van der Waals surface area (Å²) < 4.78 is 30.9. The van der Waals surface area contributed by atoms with Crippen molar-refractivity contribution in [3.63, 3.8) is 0 Å². The van der Waals surface area contributed by atoms with Gasteiger partial charge in [-0.15, -0.1) is 0 Å². The summed E-state index contributed by atoms with van der Waals surface area (Å²) in [6.07, 6.45) is 1.35. The number of rotatable bonds is 7. The maximum Gasteiger partial charge on any atom is 0.246 e. The molecule has 1 amide bonds. The number of anilines is 1. The zero-order valence-electron chi connectivity index (χ0n) is 13.3. The lowest BCUT2D eigenvalue weighted by Gasteiger charge is -2.15. The Morgan fingerprint density at radius 3 is 2.75 bits per heavy atom. The van der Waals surface area contributed by atoms with Gasteiger partial charge in [-0.05, 0) is 18.2 Å². The molecule has 0 radical (unpaired) electrons. The van der Waals surface area contributed by atoms with Crippen LogP contribution in [0, 0.1) is 0 Å². The minimum Gasteiger partial charge on any atom is -0.495 e. The molecule has 130 valence electrons. The van der Waals surface area contributed by atoms with Gasteiger partial charge in [-0.1, -0.05) is 11.8 Å². The van der Waals surface area contributed by atoms with Crippen molar-refractivity contribution < 1.29 is 17.9 Å². The molecule has 0 saturated carbocycles. The highest BCUT2D eigenvalue weighted by Crippen LogP contribution is 2.29. The number of nitrogens with one attached hydrogen (secondary N) is 2. The van der Waals surface area contributed by atoms with Crippen LogP contribution in [0.2, 0.25) is 0 Å². The zero-order chi connectivity index (χ0) is 17.7. The van der Waals surface area contributed by atoms with Gasteiger partial charge in [0, 0.05) is 19.8 Å². The van der Waals surface area contributed by atoms with Crippen LogP contribution in [0.3, 0.4) is 0 Å². The lowest BCUT2D eigenvalue weighted by Crippen LogP contribution is -2.23. The van der Waals surface area contributed by atoms with Crippen LogP contribution in [0.15, 0.2) is 34.6 Å². The summed E-state index contributed by atoms with van der Waals surface area (Å²) in [6.45, 7) is 0. The van der Waals surface area contributed by atoms with E-state index in [1.807, 2.05) is 0 Å². The Kier molecular flexibility index (Phi) is 5.80. The predicted molar refractivity (Wildman–Crippen MR) is 89.6 cm³/mol. The summed E-state index contributed by atoms with van der Waals surface area (Å²) >= 11 is 1.18. The van der Waals surface area contributed by atoms with Crippen molar-refractivity contribution in [2.45, 2.75) is 10.1 Å². The molecular weight excluding hydrogens is 354 g/mol. The lowest BCUT2D eigenvalue weighted by atomic mass is 10.3. The number of hydrogen-bond donors (Lipinski definition) is 2. The number of carbonyl (C=O) groups is 1. The fourth-order valence-corrected chi connectivity index (χ4v) is 3.40. The third-order valence-corrected chi connectivity index (χ3v) is 5.65. The number of carbonyl (C=O) groups excluding carboxylic acids is 1. The standard InChI is InChI=1S/C13H17N5O4S2/c1-18(2)24(20,21)11-6-9(4-5-10(11)22-3)16-12(19)7-23-13-14-8-15-17-13/h4-6,8H,7H2,1-3H3,(H,16,19)(H,14,15,17). The van der Waals surface area contributed by atoms with Gasteiger partial charge in [-0.25, -0.2) is 17.7 Å². The number of amides is 1. The monoisotopic (exact) mass is 371 g/mol. The van der Waals surface area contributed by atoms with Crippen LogP contribution < -0.4 is 10.1 Å². The summed E-state index contributed by atoms with van der Waals surface area (Å²) in [5, 5.41) is 9.49. The Morgan fingerprint density at radius 2 is 2.17 bits per heavy atom. The van der Waals surface area contributed by atoms with Gasteiger partial charge < -0.3 is 10.1 Å². The predicted octanol–water partition coefficient (Wildman–Crippen LogP) is 0.794. The Bertz CT molecular complexity index is 806.